The van der Waals surface area contributed by atoms with Crippen LogP contribution in [0.3, 0.4) is 0 Å². The average Bonchev–Trinajstić information content (AvgIpc) is 2.82. The quantitative estimate of drug-likeness (QED) is 0.880. The molecule has 1 heterocycles. The van der Waals surface area contributed by atoms with Gasteiger partial charge in [0.25, 0.3) is 0 Å². The third-order valence-corrected chi connectivity index (χ3v) is 3.45. The van der Waals surface area contributed by atoms with Crippen molar-refractivity contribution in [1.29, 1.82) is 0 Å². The Morgan fingerprint density at radius 3 is 2.55 bits per heavy atom. The standard InChI is InChI=1S/C16H20FNO2/c1-12-14(8-10-20-12)11-18(2)9-7-16(19)13-3-5-15(17)6-4-13/h3-6,8,10,16,19H,7,9,11H2,1-2H3. The van der Waals surface area contributed by atoms with Gasteiger partial charge in [-0.2, -0.15) is 0 Å². The molecule has 0 bridgehead atoms. The Hall–Kier alpha value is -1.65. The van der Waals surface area contributed by atoms with E-state index >= 15 is 0 Å². The molecule has 0 radical (unpaired) electrons. The highest BCUT2D eigenvalue weighted by Crippen LogP contribution is 2.18. The van der Waals surface area contributed by atoms with Gasteiger partial charge in [0, 0.05) is 18.7 Å². The molecule has 1 aromatic carbocycles. The van der Waals surface area contributed by atoms with Gasteiger partial charge in [0.05, 0.1) is 12.4 Å². The van der Waals surface area contributed by atoms with Gasteiger partial charge < -0.3 is 14.4 Å². The Morgan fingerprint density at radius 2 is 1.95 bits per heavy atom. The number of hydrogen-bond donors (Lipinski definition) is 1. The van der Waals surface area contributed by atoms with E-state index in [9.17, 15) is 9.50 Å². The molecule has 0 spiro atoms. The lowest BCUT2D eigenvalue weighted by molar-refractivity contribution is 0.147. The predicted molar refractivity (Wildman–Crippen MR) is 75.8 cm³/mol. The summed E-state index contributed by atoms with van der Waals surface area (Å²) in [6.45, 7) is 3.48. The maximum Gasteiger partial charge on any atom is 0.123 e. The summed E-state index contributed by atoms with van der Waals surface area (Å²) in [5.41, 5.74) is 1.91. The van der Waals surface area contributed by atoms with Gasteiger partial charge in [-0.05, 0) is 44.2 Å². The number of furan rings is 1. The molecule has 0 amide bonds. The normalized spacial score (nSPS) is 12.8. The zero-order chi connectivity index (χ0) is 14.5. The fraction of sp³-hybridized carbons (Fsp3) is 0.375. The SMILES string of the molecule is Cc1occc1CN(C)CCC(O)c1ccc(F)cc1. The van der Waals surface area contributed by atoms with Gasteiger partial charge in [-0.25, -0.2) is 4.39 Å². The molecule has 0 saturated carbocycles. The van der Waals surface area contributed by atoms with Crippen molar-refractivity contribution in [2.75, 3.05) is 13.6 Å². The summed E-state index contributed by atoms with van der Waals surface area (Å²) in [5, 5.41) is 10.1. The molecular weight excluding hydrogens is 257 g/mol. The molecule has 0 aliphatic rings. The molecule has 1 aromatic heterocycles. The molecule has 1 atom stereocenters. The first kappa shape index (κ1) is 14.8. The first-order valence-electron chi connectivity index (χ1n) is 6.71. The summed E-state index contributed by atoms with van der Waals surface area (Å²) >= 11 is 0. The first-order chi connectivity index (χ1) is 9.56. The van der Waals surface area contributed by atoms with Crippen LogP contribution < -0.4 is 0 Å². The number of aryl methyl sites for hydroxylation is 1. The van der Waals surface area contributed by atoms with Crippen molar-refractivity contribution in [3.63, 3.8) is 0 Å². The number of aliphatic hydroxyl groups excluding tert-OH is 1. The maximum absolute atomic E-state index is 12.8. The van der Waals surface area contributed by atoms with E-state index in [1.54, 1.807) is 18.4 Å². The molecule has 3 nitrogen and oxygen atoms in total. The molecule has 20 heavy (non-hydrogen) atoms. The topological polar surface area (TPSA) is 36.6 Å². The number of rotatable bonds is 6. The van der Waals surface area contributed by atoms with Crippen molar-refractivity contribution >= 4 is 0 Å². The Balaban J connectivity index is 1.82. The van der Waals surface area contributed by atoms with Crippen LogP contribution in [0.4, 0.5) is 4.39 Å². The molecule has 0 saturated heterocycles. The third kappa shape index (κ3) is 3.92. The zero-order valence-electron chi connectivity index (χ0n) is 11.8. The van der Waals surface area contributed by atoms with Gasteiger partial charge in [0.15, 0.2) is 0 Å². The number of aliphatic hydroxyl groups is 1. The van der Waals surface area contributed by atoms with Gasteiger partial charge in [-0.1, -0.05) is 12.1 Å². The number of hydrogen-bond acceptors (Lipinski definition) is 3. The van der Waals surface area contributed by atoms with Gasteiger partial charge in [-0.3, -0.25) is 0 Å². The van der Waals surface area contributed by atoms with Crippen molar-refractivity contribution in [2.45, 2.75) is 26.0 Å². The highest BCUT2D eigenvalue weighted by molar-refractivity contribution is 5.18. The fourth-order valence-electron chi connectivity index (χ4n) is 2.14. The molecule has 0 aliphatic heterocycles. The zero-order valence-corrected chi connectivity index (χ0v) is 11.8. The Morgan fingerprint density at radius 1 is 1.25 bits per heavy atom. The Labute approximate surface area is 118 Å². The molecule has 4 heteroatoms. The van der Waals surface area contributed by atoms with Crippen LogP contribution in [-0.4, -0.2) is 23.6 Å². The summed E-state index contributed by atoms with van der Waals surface area (Å²) in [6, 6.07) is 7.96. The first-order valence-corrected chi connectivity index (χ1v) is 6.71. The summed E-state index contributed by atoms with van der Waals surface area (Å²) in [5.74, 6) is 0.643. The van der Waals surface area contributed by atoms with Crippen LogP contribution in [0.2, 0.25) is 0 Å². The van der Waals surface area contributed by atoms with Crippen LogP contribution in [-0.2, 0) is 6.54 Å². The molecule has 1 N–H and O–H groups in total. The van der Waals surface area contributed by atoms with Gasteiger partial charge in [-0.15, -0.1) is 0 Å². The third-order valence-electron chi connectivity index (χ3n) is 3.45. The van der Waals surface area contributed by atoms with E-state index in [-0.39, 0.29) is 5.82 Å². The minimum atomic E-state index is -0.566. The van der Waals surface area contributed by atoms with Crippen molar-refractivity contribution < 1.29 is 13.9 Å². The van der Waals surface area contributed by atoms with E-state index in [2.05, 4.69) is 4.90 Å². The van der Waals surface area contributed by atoms with Crippen LogP contribution in [0, 0.1) is 12.7 Å². The molecule has 0 aliphatic carbocycles. The molecule has 2 aromatic rings. The second kappa shape index (κ2) is 6.68. The molecular formula is C16H20FNO2. The predicted octanol–water partition coefficient (Wildman–Crippen LogP) is 3.28. The second-order valence-corrected chi connectivity index (χ2v) is 5.10. The number of nitrogens with zero attached hydrogens (tertiary/aromatic N) is 1. The van der Waals surface area contributed by atoms with E-state index in [0.29, 0.717) is 6.42 Å². The fourth-order valence-corrected chi connectivity index (χ4v) is 2.14. The van der Waals surface area contributed by atoms with E-state index in [0.717, 1.165) is 30.0 Å². The monoisotopic (exact) mass is 277 g/mol. The lowest BCUT2D eigenvalue weighted by Crippen LogP contribution is -2.21. The van der Waals surface area contributed by atoms with Crippen LogP contribution in [0.15, 0.2) is 41.0 Å². The minimum absolute atomic E-state index is 0.284. The summed E-state index contributed by atoms with van der Waals surface area (Å²) in [6.07, 6.45) is 1.73. The summed E-state index contributed by atoms with van der Waals surface area (Å²) in [4.78, 5) is 2.13. The molecule has 108 valence electrons. The lowest BCUT2D eigenvalue weighted by atomic mass is 10.1. The molecule has 2 rings (SSSR count). The van der Waals surface area contributed by atoms with Gasteiger partial charge in [0.2, 0.25) is 0 Å². The van der Waals surface area contributed by atoms with Gasteiger partial charge in [0.1, 0.15) is 11.6 Å². The number of benzene rings is 1. The van der Waals surface area contributed by atoms with E-state index in [1.807, 2.05) is 20.0 Å². The van der Waals surface area contributed by atoms with Crippen molar-refractivity contribution in [1.82, 2.24) is 4.90 Å². The highest BCUT2D eigenvalue weighted by atomic mass is 19.1. The van der Waals surface area contributed by atoms with Crippen LogP contribution in [0.25, 0.3) is 0 Å². The van der Waals surface area contributed by atoms with E-state index < -0.39 is 6.10 Å². The highest BCUT2D eigenvalue weighted by Gasteiger charge is 2.10. The summed E-state index contributed by atoms with van der Waals surface area (Å²) < 4.78 is 18.1. The Kier molecular flexibility index (Phi) is 4.93. The minimum Gasteiger partial charge on any atom is -0.469 e. The average molecular weight is 277 g/mol. The summed E-state index contributed by atoms with van der Waals surface area (Å²) in [7, 11) is 2.00. The van der Waals surface area contributed by atoms with Crippen molar-refractivity contribution in [3.8, 4) is 0 Å². The lowest BCUT2D eigenvalue weighted by Gasteiger charge is -2.18. The van der Waals surface area contributed by atoms with Crippen molar-refractivity contribution in [3.05, 3.63) is 59.3 Å². The van der Waals surface area contributed by atoms with Crippen LogP contribution >= 0.6 is 0 Å². The molecule has 1 unspecified atom stereocenters. The number of halogens is 1. The smallest absolute Gasteiger partial charge is 0.123 e. The maximum atomic E-state index is 12.8. The van der Waals surface area contributed by atoms with Crippen molar-refractivity contribution in [2.24, 2.45) is 0 Å². The van der Waals surface area contributed by atoms with Crippen LogP contribution in [0.5, 0.6) is 0 Å². The Bertz CT molecular complexity index is 536. The van der Waals surface area contributed by atoms with E-state index in [4.69, 9.17) is 4.42 Å². The largest absolute Gasteiger partial charge is 0.469 e. The molecule has 0 fully saturated rings. The van der Waals surface area contributed by atoms with Crippen LogP contribution in [0.1, 0.15) is 29.4 Å². The second-order valence-electron chi connectivity index (χ2n) is 5.10. The van der Waals surface area contributed by atoms with Gasteiger partial charge >= 0.3 is 0 Å². The van der Waals surface area contributed by atoms with E-state index in [1.165, 1.54) is 12.1 Å².